The minimum Gasteiger partial charge on any atom is -0.493 e. The molecule has 1 atom stereocenters. The van der Waals surface area contributed by atoms with Gasteiger partial charge in [0.15, 0.2) is 17.9 Å². The number of halogens is 1. The molecule has 1 aromatic heterocycles. The highest BCUT2D eigenvalue weighted by Gasteiger charge is 2.16. The fraction of sp³-hybridized carbons (Fsp3) is 0.400. The van der Waals surface area contributed by atoms with Gasteiger partial charge >= 0.3 is 0 Å². The molecular weight excluding hydrogens is 275 g/mol. The van der Waals surface area contributed by atoms with Crippen molar-refractivity contribution in [2.45, 2.75) is 26.4 Å². The number of oxazole rings is 1. The van der Waals surface area contributed by atoms with Crippen molar-refractivity contribution in [2.75, 3.05) is 14.2 Å². The Labute approximate surface area is 123 Å². The first kappa shape index (κ1) is 15.3. The SMILES string of the molecule is COc1cc(F)c([C@@H](C)NCc2ocnc2C)cc1OC. The molecule has 0 unspecified atom stereocenters. The molecule has 114 valence electrons. The highest BCUT2D eigenvalue weighted by Crippen LogP contribution is 2.32. The summed E-state index contributed by atoms with van der Waals surface area (Å²) in [6, 6.07) is 2.75. The Morgan fingerprint density at radius 2 is 1.95 bits per heavy atom. The molecular formula is C15H19FN2O3. The smallest absolute Gasteiger partial charge is 0.181 e. The van der Waals surface area contributed by atoms with Gasteiger partial charge in [0, 0.05) is 17.7 Å². The number of aryl methyl sites for hydroxylation is 1. The van der Waals surface area contributed by atoms with Gasteiger partial charge in [0.2, 0.25) is 0 Å². The van der Waals surface area contributed by atoms with Crippen molar-refractivity contribution in [3.8, 4) is 11.5 Å². The molecule has 0 saturated heterocycles. The van der Waals surface area contributed by atoms with Crippen LogP contribution in [0.25, 0.3) is 0 Å². The summed E-state index contributed by atoms with van der Waals surface area (Å²) in [6.45, 7) is 4.21. The van der Waals surface area contributed by atoms with E-state index >= 15 is 0 Å². The van der Waals surface area contributed by atoms with E-state index in [1.165, 1.54) is 26.7 Å². The standard InChI is InChI=1S/C15H19FN2O3/c1-9(17-7-15-10(2)18-8-21-15)11-5-13(19-3)14(20-4)6-12(11)16/h5-6,8-9,17H,7H2,1-4H3/t9-/m1/s1. The Hall–Kier alpha value is -2.08. The normalized spacial score (nSPS) is 12.2. The van der Waals surface area contributed by atoms with E-state index in [0.717, 1.165) is 11.5 Å². The number of aromatic nitrogens is 1. The lowest BCUT2D eigenvalue weighted by atomic mass is 10.1. The molecule has 1 heterocycles. The summed E-state index contributed by atoms with van der Waals surface area (Å²) in [5, 5.41) is 3.20. The monoisotopic (exact) mass is 294 g/mol. The van der Waals surface area contributed by atoms with Gasteiger partial charge in [-0.25, -0.2) is 9.37 Å². The number of methoxy groups -OCH3 is 2. The summed E-state index contributed by atoms with van der Waals surface area (Å²) in [4.78, 5) is 4.02. The topological polar surface area (TPSA) is 56.5 Å². The first-order valence-corrected chi connectivity index (χ1v) is 6.60. The third-order valence-electron chi connectivity index (χ3n) is 3.38. The van der Waals surface area contributed by atoms with Crippen LogP contribution in [0, 0.1) is 12.7 Å². The van der Waals surface area contributed by atoms with Gasteiger partial charge in [-0.3, -0.25) is 0 Å². The molecule has 0 spiro atoms. The van der Waals surface area contributed by atoms with Gasteiger partial charge in [-0.05, 0) is 19.9 Å². The summed E-state index contributed by atoms with van der Waals surface area (Å²) in [6.07, 6.45) is 1.40. The molecule has 0 saturated carbocycles. The number of rotatable bonds is 6. The molecule has 2 rings (SSSR count). The van der Waals surface area contributed by atoms with Crippen LogP contribution in [0.3, 0.4) is 0 Å². The van der Waals surface area contributed by atoms with E-state index in [2.05, 4.69) is 10.3 Å². The van der Waals surface area contributed by atoms with Crippen molar-refractivity contribution in [1.82, 2.24) is 10.3 Å². The van der Waals surface area contributed by atoms with Crippen LogP contribution in [0.1, 0.15) is 30.0 Å². The zero-order valence-corrected chi connectivity index (χ0v) is 12.6. The van der Waals surface area contributed by atoms with E-state index in [1.54, 1.807) is 6.07 Å². The van der Waals surface area contributed by atoms with Crippen molar-refractivity contribution in [2.24, 2.45) is 0 Å². The number of nitrogens with zero attached hydrogens (tertiary/aromatic N) is 1. The molecule has 0 amide bonds. The third-order valence-corrected chi connectivity index (χ3v) is 3.38. The van der Waals surface area contributed by atoms with Crippen molar-refractivity contribution < 1.29 is 18.3 Å². The second-order valence-electron chi connectivity index (χ2n) is 4.69. The summed E-state index contributed by atoms with van der Waals surface area (Å²) in [5.41, 5.74) is 1.33. The lowest BCUT2D eigenvalue weighted by Crippen LogP contribution is -2.19. The maximum absolute atomic E-state index is 14.1. The van der Waals surface area contributed by atoms with Crippen LogP contribution in [0.15, 0.2) is 22.9 Å². The number of benzene rings is 1. The Bertz CT molecular complexity index is 613. The maximum atomic E-state index is 14.1. The quantitative estimate of drug-likeness (QED) is 0.887. The molecule has 0 aliphatic rings. The molecule has 2 aromatic rings. The second-order valence-corrected chi connectivity index (χ2v) is 4.69. The van der Waals surface area contributed by atoms with Crippen LogP contribution in [0.2, 0.25) is 0 Å². The van der Waals surface area contributed by atoms with Gasteiger partial charge in [0.05, 0.1) is 26.5 Å². The van der Waals surface area contributed by atoms with Gasteiger partial charge in [0.1, 0.15) is 11.6 Å². The van der Waals surface area contributed by atoms with E-state index in [1.807, 2.05) is 13.8 Å². The van der Waals surface area contributed by atoms with Crippen molar-refractivity contribution in [3.05, 3.63) is 41.4 Å². The summed E-state index contributed by atoms with van der Waals surface area (Å²) >= 11 is 0. The molecule has 6 heteroatoms. The lowest BCUT2D eigenvalue weighted by Gasteiger charge is -2.17. The Morgan fingerprint density at radius 1 is 1.29 bits per heavy atom. The van der Waals surface area contributed by atoms with E-state index in [4.69, 9.17) is 13.9 Å². The predicted octanol–water partition coefficient (Wildman–Crippen LogP) is 2.99. The maximum Gasteiger partial charge on any atom is 0.181 e. The van der Waals surface area contributed by atoms with Crippen molar-refractivity contribution in [3.63, 3.8) is 0 Å². The van der Waals surface area contributed by atoms with Crippen LogP contribution < -0.4 is 14.8 Å². The summed E-state index contributed by atoms with van der Waals surface area (Å²) in [5.74, 6) is 1.26. The van der Waals surface area contributed by atoms with Crippen LogP contribution in [0.4, 0.5) is 4.39 Å². The molecule has 0 aliphatic heterocycles. The van der Waals surface area contributed by atoms with E-state index < -0.39 is 0 Å². The zero-order chi connectivity index (χ0) is 15.4. The van der Waals surface area contributed by atoms with E-state index in [9.17, 15) is 4.39 Å². The van der Waals surface area contributed by atoms with E-state index in [-0.39, 0.29) is 11.9 Å². The minimum absolute atomic E-state index is 0.214. The molecule has 0 aliphatic carbocycles. The van der Waals surface area contributed by atoms with Crippen LogP contribution in [0.5, 0.6) is 11.5 Å². The van der Waals surface area contributed by atoms with Crippen LogP contribution in [-0.2, 0) is 6.54 Å². The largest absolute Gasteiger partial charge is 0.493 e. The van der Waals surface area contributed by atoms with Gasteiger partial charge < -0.3 is 19.2 Å². The van der Waals surface area contributed by atoms with Gasteiger partial charge in [0.25, 0.3) is 0 Å². The molecule has 1 N–H and O–H groups in total. The van der Waals surface area contributed by atoms with Gasteiger partial charge in [-0.2, -0.15) is 0 Å². The second kappa shape index (κ2) is 6.58. The fourth-order valence-electron chi connectivity index (χ4n) is 2.05. The summed E-state index contributed by atoms with van der Waals surface area (Å²) in [7, 11) is 3.00. The Morgan fingerprint density at radius 3 is 2.52 bits per heavy atom. The highest BCUT2D eigenvalue weighted by atomic mass is 19.1. The molecule has 0 bridgehead atoms. The van der Waals surface area contributed by atoms with Crippen molar-refractivity contribution >= 4 is 0 Å². The highest BCUT2D eigenvalue weighted by molar-refractivity contribution is 5.44. The molecule has 0 radical (unpaired) electrons. The number of hydrogen-bond donors (Lipinski definition) is 1. The van der Waals surface area contributed by atoms with E-state index in [0.29, 0.717) is 23.6 Å². The van der Waals surface area contributed by atoms with Gasteiger partial charge in [-0.15, -0.1) is 0 Å². The molecule has 0 fully saturated rings. The number of ether oxygens (including phenoxy) is 2. The first-order valence-electron chi connectivity index (χ1n) is 6.60. The van der Waals surface area contributed by atoms with Crippen molar-refractivity contribution in [1.29, 1.82) is 0 Å². The average molecular weight is 294 g/mol. The van der Waals surface area contributed by atoms with Gasteiger partial charge in [-0.1, -0.05) is 0 Å². The fourth-order valence-corrected chi connectivity index (χ4v) is 2.05. The molecule has 5 nitrogen and oxygen atoms in total. The average Bonchev–Trinajstić information content (AvgIpc) is 2.89. The predicted molar refractivity (Wildman–Crippen MR) is 76.0 cm³/mol. The first-order chi connectivity index (χ1) is 10.1. The Balaban J connectivity index is 2.15. The molecule has 21 heavy (non-hydrogen) atoms. The third kappa shape index (κ3) is 3.33. The Kier molecular flexibility index (Phi) is 4.80. The van der Waals surface area contributed by atoms with Crippen LogP contribution >= 0.6 is 0 Å². The summed E-state index contributed by atoms with van der Waals surface area (Å²) < 4.78 is 29.7. The van der Waals surface area contributed by atoms with Crippen LogP contribution in [-0.4, -0.2) is 19.2 Å². The number of nitrogens with one attached hydrogen (secondary N) is 1. The molecule has 1 aromatic carbocycles. The number of hydrogen-bond acceptors (Lipinski definition) is 5. The minimum atomic E-state index is -0.345. The zero-order valence-electron chi connectivity index (χ0n) is 12.6. The lowest BCUT2D eigenvalue weighted by molar-refractivity contribution is 0.350.